The molecule has 1 aromatic heterocycles. The molecule has 0 fully saturated rings. The van der Waals surface area contributed by atoms with Crippen LogP contribution in [0.5, 0.6) is 0 Å². The maximum atomic E-state index is 11.2. The molecule has 23 heavy (non-hydrogen) atoms. The van der Waals surface area contributed by atoms with Gasteiger partial charge >= 0.3 is 146 Å². The van der Waals surface area contributed by atoms with E-state index >= 15 is 0 Å². The molecule has 116 valence electrons. The molecular formula is C17H18N4OSn. The predicted molar refractivity (Wildman–Crippen MR) is 92.5 cm³/mol. The van der Waals surface area contributed by atoms with Crippen molar-refractivity contribution in [3.8, 4) is 0 Å². The van der Waals surface area contributed by atoms with E-state index in [4.69, 9.17) is 5.73 Å². The Morgan fingerprint density at radius 1 is 1.39 bits per heavy atom. The van der Waals surface area contributed by atoms with Crippen molar-refractivity contribution in [3.63, 3.8) is 0 Å². The van der Waals surface area contributed by atoms with Crippen molar-refractivity contribution in [2.75, 3.05) is 11.9 Å². The molecule has 2 radical (unpaired) electrons. The number of nitrogens with one attached hydrogen (secondary N) is 1. The van der Waals surface area contributed by atoms with Gasteiger partial charge in [0, 0.05) is 0 Å². The fourth-order valence-corrected chi connectivity index (χ4v) is 5.69. The van der Waals surface area contributed by atoms with Crippen LogP contribution in [0.2, 0.25) is 0 Å². The number of primary amides is 1. The summed E-state index contributed by atoms with van der Waals surface area (Å²) in [6.45, 7) is 4.38. The Kier molecular flexibility index (Phi) is 4.65. The third kappa shape index (κ3) is 3.39. The summed E-state index contributed by atoms with van der Waals surface area (Å²) < 4.78 is 3.52. The number of benzene rings is 1. The molecule has 0 spiro atoms. The van der Waals surface area contributed by atoms with E-state index in [2.05, 4.69) is 50.6 Å². The molecule has 1 amide bonds. The molecule has 1 unspecified atom stereocenters. The molecule has 0 saturated carbocycles. The summed E-state index contributed by atoms with van der Waals surface area (Å²) in [4.78, 5) is 20.1. The molecule has 6 heteroatoms. The van der Waals surface area contributed by atoms with Crippen molar-refractivity contribution >= 4 is 42.2 Å². The number of nitrogens with zero attached hydrogens (tertiary/aromatic N) is 2. The second-order valence-corrected chi connectivity index (χ2v) is 8.70. The van der Waals surface area contributed by atoms with E-state index in [1.807, 2.05) is 6.92 Å². The predicted octanol–water partition coefficient (Wildman–Crippen LogP) is 1.05. The van der Waals surface area contributed by atoms with Gasteiger partial charge in [0.2, 0.25) is 0 Å². The van der Waals surface area contributed by atoms with Gasteiger partial charge in [-0.1, -0.05) is 0 Å². The SMILES string of the molecule is Cc1cccc(C2=[CH][Sn][c]3ncnc(NCC(C)C(N)=O)c32)c1. The standard InChI is InChI=1S/C17H18N4O.Sn/c1-11-5-4-6-14(7-11)13(3)15-9-19-10-21-17(15)20-8-12(2)16(18)22;/h3-7,10,12H,8H2,1-2H3,(H2,18,22)(H,19,20,21);. The molecule has 0 saturated heterocycles. The third-order valence-electron chi connectivity index (χ3n) is 3.86. The van der Waals surface area contributed by atoms with Gasteiger partial charge < -0.3 is 0 Å². The zero-order chi connectivity index (χ0) is 16.4. The van der Waals surface area contributed by atoms with Gasteiger partial charge in [0.15, 0.2) is 0 Å². The minimum atomic E-state index is -0.826. The molecule has 0 aliphatic carbocycles. The number of aryl methyl sites for hydroxylation is 1. The van der Waals surface area contributed by atoms with Crippen LogP contribution in [0.4, 0.5) is 5.82 Å². The van der Waals surface area contributed by atoms with E-state index in [9.17, 15) is 4.79 Å². The molecular weight excluding hydrogens is 395 g/mol. The molecule has 3 rings (SSSR count). The van der Waals surface area contributed by atoms with Crippen LogP contribution in [-0.4, -0.2) is 43.6 Å². The Labute approximate surface area is 145 Å². The topological polar surface area (TPSA) is 80.9 Å². The molecule has 1 aliphatic rings. The van der Waals surface area contributed by atoms with Gasteiger partial charge in [-0.25, -0.2) is 0 Å². The summed E-state index contributed by atoms with van der Waals surface area (Å²) in [6.07, 6.45) is 1.60. The summed E-state index contributed by atoms with van der Waals surface area (Å²) >= 11 is -0.826. The average molecular weight is 413 g/mol. The summed E-state index contributed by atoms with van der Waals surface area (Å²) in [5, 5.41) is 3.27. The van der Waals surface area contributed by atoms with Gasteiger partial charge in [-0.05, 0) is 0 Å². The first-order chi connectivity index (χ1) is 11.1. The number of rotatable bonds is 5. The van der Waals surface area contributed by atoms with Crippen LogP contribution >= 0.6 is 0 Å². The van der Waals surface area contributed by atoms with E-state index in [0.29, 0.717) is 6.54 Å². The fourth-order valence-electron chi connectivity index (χ4n) is 2.49. The molecule has 1 aliphatic heterocycles. The van der Waals surface area contributed by atoms with Crippen LogP contribution in [0, 0.1) is 12.8 Å². The number of aromatic nitrogens is 2. The second kappa shape index (κ2) is 6.70. The summed E-state index contributed by atoms with van der Waals surface area (Å²) in [7, 11) is 0. The van der Waals surface area contributed by atoms with Crippen LogP contribution in [0.3, 0.4) is 0 Å². The maximum absolute atomic E-state index is 11.2. The monoisotopic (exact) mass is 414 g/mol. The molecule has 3 N–H and O–H groups in total. The Morgan fingerprint density at radius 3 is 2.96 bits per heavy atom. The van der Waals surface area contributed by atoms with Gasteiger partial charge in [-0.3, -0.25) is 0 Å². The number of nitrogens with two attached hydrogens (primary N) is 1. The van der Waals surface area contributed by atoms with E-state index in [-0.39, 0.29) is 11.8 Å². The third-order valence-corrected chi connectivity index (χ3v) is 6.96. The first-order valence-electron chi connectivity index (χ1n) is 7.48. The Morgan fingerprint density at radius 2 is 2.22 bits per heavy atom. The van der Waals surface area contributed by atoms with Crippen LogP contribution in [-0.2, 0) is 4.79 Å². The van der Waals surface area contributed by atoms with E-state index in [1.54, 1.807) is 6.33 Å². The van der Waals surface area contributed by atoms with Gasteiger partial charge in [0.05, 0.1) is 0 Å². The van der Waals surface area contributed by atoms with E-state index in [1.165, 1.54) is 20.4 Å². The molecule has 2 aromatic rings. The first kappa shape index (κ1) is 16.0. The molecule has 5 nitrogen and oxygen atoms in total. The molecule has 0 bridgehead atoms. The quantitative estimate of drug-likeness (QED) is 0.719. The van der Waals surface area contributed by atoms with Crippen molar-refractivity contribution in [1.29, 1.82) is 0 Å². The van der Waals surface area contributed by atoms with Crippen molar-refractivity contribution in [1.82, 2.24) is 9.97 Å². The van der Waals surface area contributed by atoms with Crippen LogP contribution in [0.15, 0.2) is 34.7 Å². The number of anilines is 1. The Hall–Kier alpha value is -1.89. The fraction of sp³-hybridized carbons (Fsp3) is 0.235. The summed E-state index contributed by atoms with van der Waals surface area (Å²) in [6, 6.07) is 8.47. The van der Waals surface area contributed by atoms with Crippen molar-refractivity contribution < 1.29 is 4.79 Å². The number of hydrogen-bond donors (Lipinski definition) is 2. The molecule has 1 atom stereocenters. The number of carbonyl (C=O) groups is 1. The van der Waals surface area contributed by atoms with Crippen LogP contribution in [0.1, 0.15) is 23.6 Å². The zero-order valence-electron chi connectivity index (χ0n) is 13.1. The average Bonchev–Trinajstić information content (AvgIpc) is 2.97. The molecule has 1 aromatic carbocycles. The van der Waals surface area contributed by atoms with Gasteiger partial charge in [0.1, 0.15) is 0 Å². The number of hydrogen-bond acceptors (Lipinski definition) is 4. The summed E-state index contributed by atoms with van der Waals surface area (Å²) in [5.74, 6) is 0.247. The van der Waals surface area contributed by atoms with Gasteiger partial charge in [-0.15, -0.1) is 0 Å². The summed E-state index contributed by atoms with van der Waals surface area (Å²) in [5.41, 5.74) is 10.1. The van der Waals surface area contributed by atoms with Crippen LogP contribution < -0.4 is 14.8 Å². The van der Waals surface area contributed by atoms with Crippen molar-refractivity contribution in [2.24, 2.45) is 11.7 Å². The number of amides is 1. The second-order valence-electron chi connectivity index (χ2n) is 5.70. The number of carbonyl (C=O) groups excluding carboxylic acids is 1. The van der Waals surface area contributed by atoms with E-state index in [0.717, 1.165) is 11.4 Å². The molecule has 2 heterocycles. The van der Waals surface area contributed by atoms with Crippen LogP contribution in [0.25, 0.3) is 5.57 Å². The first-order valence-corrected chi connectivity index (χ1v) is 10.6. The Bertz CT molecular complexity index is 788. The van der Waals surface area contributed by atoms with Gasteiger partial charge in [0.25, 0.3) is 0 Å². The van der Waals surface area contributed by atoms with Gasteiger partial charge in [-0.2, -0.15) is 0 Å². The Balaban J connectivity index is 1.93. The zero-order valence-corrected chi connectivity index (χ0v) is 16.0. The van der Waals surface area contributed by atoms with E-state index < -0.39 is 21.1 Å². The van der Waals surface area contributed by atoms with Crippen molar-refractivity contribution in [2.45, 2.75) is 13.8 Å². The number of fused-ring (bicyclic) bond motifs is 1. The normalized spacial score (nSPS) is 14.1. The van der Waals surface area contributed by atoms with Crippen molar-refractivity contribution in [3.05, 3.63) is 51.4 Å². The minimum absolute atomic E-state index is 0.242.